The number of aromatic nitrogens is 3. The monoisotopic (exact) mass is 373 g/mol. The second-order valence-electron chi connectivity index (χ2n) is 6.41. The average molecular weight is 373 g/mol. The molecule has 0 N–H and O–H groups in total. The summed E-state index contributed by atoms with van der Waals surface area (Å²) < 4.78 is 1.92. The van der Waals surface area contributed by atoms with Crippen molar-refractivity contribution in [3.8, 4) is 11.4 Å². The fourth-order valence-electron chi connectivity index (χ4n) is 2.96. The topological polar surface area (TPSA) is 71.3 Å². The molecule has 1 saturated heterocycles. The van der Waals surface area contributed by atoms with Gasteiger partial charge in [0.25, 0.3) is 0 Å². The van der Waals surface area contributed by atoms with Gasteiger partial charge in [-0.05, 0) is 13.0 Å². The van der Waals surface area contributed by atoms with E-state index >= 15 is 0 Å². The molecule has 1 aliphatic heterocycles. The summed E-state index contributed by atoms with van der Waals surface area (Å²) in [5.74, 6) is 1.24. The van der Waals surface area contributed by atoms with Gasteiger partial charge in [-0.15, -0.1) is 10.2 Å². The number of carbonyl (C=O) groups is 2. The number of aryl methyl sites for hydroxylation is 1. The van der Waals surface area contributed by atoms with E-state index in [1.165, 1.54) is 17.3 Å². The Kier molecular flexibility index (Phi) is 5.61. The standard InChI is InChI=1S/C18H23N5O2S/c1-13-5-4-6-15(11-13)17-19-20-18(21(17)3)26-12-16(25)23-9-7-22(8-10-23)14(2)24/h4-6,11H,7-10,12H2,1-3H3. The summed E-state index contributed by atoms with van der Waals surface area (Å²) >= 11 is 1.39. The van der Waals surface area contributed by atoms with Crippen molar-refractivity contribution in [1.82, 2.24) is 24.6 Å². The highest BCUT2D eigenvalue weighted by atomic mass is 32.2. The number of benzene rings is 1. The molecule has 0 spiro atoms. The van der Waals surface area contributed by atoms with Crippen LogP contribution in [-0.4, -0.2) is 68.3 Å². The third kappa shape index (κ3) is 4.07. The molecule has 0 saturated carbocycles. The van der Waals surface area contributed by atoms with E-state index in [2.05, 4.69) is 16.3 Å². The zero-order valence-corrected chi connectivity index (χ0v) is 16.1. The summed E-state index contributed by atoms with van der Waals surface area (Å²) in [6.45, 7) is 5.99. The van der Waals surface area contributed by atoms with Gasteiger partial charge in [-0.2, -0.15) is 0 Å². The molecule has 26 heavy (non-hydrogen) atoms. The van der Waals surface area contributed by atoms with Gasteiger partial charge in [-0.3, -0.25) is 9.59 Å². The van der Waals surface area contributed by atoms with Gasteiger partial charge in [0.15, 0.2) is 11.0 Å². The Labute approximate surface area is 157 Å². The van der Waals surface area contributed by atoms with E-state index in [1.807, 2.05) is 41.6 Å². The van der Waals surface area contributed by atoms with Gasteiger partial charge in [0.2, 0.25) is 11.8 Å². The van der Waals surface area contributed by atoms with Crippen molar-refractivity contribution in [1.29, 1.82) is 0 Å². The smallest absolute Gasteiger partial charge is 0.233 e. The first-order chi connectivity index (χ1) is 12.5. The van der Waals surface area contributed by atoms with Crippen molar-refractivity contribution in [2.45, 2.75) is 19.0 Å². The molecule has 0 unspecified atom stereocenters. The first kappa shape index (κ1) is 18.4. The first-order valence-electron chi connectivity index (χ1n) is 8.58. The third-order valence-corrected chi connectivity index (χ3v) is 5.52. The molecular formula is C18H23N5O2S. The third-order valence-electron chi connectivity index (χ3n) is 4.51. The van der Waals surface area contributed by atoms with Crippen LogP contribution in [0.1, 0.15) is 12.5 Å². The van der Waals surface area contributed by atoms with Crippen LogP contribution < -0.4 is 0 Å². The molecule has 0 atom stereocenters. The number of carbonyl (C=O) groups excluding carboxylic acids is 2. The first-order valence-corrected chi connectivity index (χ1v) is 9.57. The Morgan fingerprint density at radius 3 is 2.46 bits per heavy atom. The van der Waals surface area contributed by atoms with Crippen LogP contribution in [0.5, 0.6) is 0 Å². The van der Waals surface area contributed by atoms with E-state index in [0.717, 1.165) is 16.5 Å². The fraction of sp³-hybridized carbons (Fsp3) is 0.444. The number of nitrogens with zero attached hydrogens (tertiary/aromatic N) is 5. The maximum atomic E-state index is 12.4. The molecule has 1 aromatic heterocycles. The highest BCUT2D eigenvalue weighted by Gasteiger charge is 2.23. The van der Waals surface area contributed by atoms with E-state index in [1.54, 1.807) is 11.8 Å². The molecular weight excluding hydrogens is 350 g/mol. The molecule has 2 heterocycles. The predicted octanol–water partition coefficient (Wildman–Crippen LogP) is 1.57. The Morgan fingerprint density at radius 1 is 1.12 bits per heavy atom. The molecule has 0 aliphatic carbocycles. The van der Waals surface area contributed by atoms with Gasteiger partial charge in [-0.1, -0.05) is 35.5 Å². The van der Waals surface area contributed by atoms with Crippen LogP contribution in [0.3, 0.4) is 0 Å². The number of thioether (sulfide) groups is 1. The number of hydrogen-bond acceptors (Lipinski definition) is 5. The summed E-state index contributed by atoms with van der Waals surface area (Å²) in [5, 5.41) is 9.22. The Morgan fingerprint density at radius 2 is 1.81 bits per heavy atom. The lowest BCUT2D eigenvalue weighted by Gasteiger charge is -2.34. The van der Waals surface area contributed by atoms with E-state index in [0.29, 0.717) is 31.9 Å². The maximum absolute atomic E-state index is 12.4. The minimum Gasteiger partial charge on any atom is -0.339 e. The molecule has 2 aromatic rings. The van der Waals surface area contributed by atoms with Crippen molar-refractivity contribution < 1.29 is 9.59 Å². The Balaban J connectivity index is 1.59. The van der Waals surface area contributed by atoms with E-state index in [4.69, 9.17) is 0 Å². The SMILES string of the molecule is CC(=O)N1CCN(C(=O)CSc2nnc(-c3cccc(C)c3)n2C)CC1. The molecule has 0 bridgehead atoms. The average Bonchev–Trinajstić information content (AvgIpc) is 3.00. The largest absolute Gasteiger partial charge is 0.339 e. The molecule has 7 nitrogen and oxygen atoms in total. The molecule has 3 rings (SSSR count). The summed E-state index contributed by atoms with van der Waals surface area (Å²) in [6, 6.07) is 8.11. The zero-order chi connectivity index (χ0) is 18.7. The van der Waals surface area contributed by atoms with Crippen molar-refractivity contribution >= 4 is 23.6 Å². The lowest BCUT2D eigenvalue weighted by atomic mass is 10.1. The number of piperazine rings is 1. The summed E-state index contributed by atoms with van der Waals surface area (Å²) in [4.78, 5) is 27.4. The van der Waals surface area contributed by atoms with Crippen LogP contribution in [0.2, 0.25) is 0 Å². The van der Waals surface area contributed by atoms with E-state index in [-0.39, 0.29) is 11.8 Å². The molecule has 0 radical (unpaired) electrons. The quantitative estimate of drug-likeness (QED) is 0.761. The second-order valence-corrected chi connectivity index (χ2v) is 7.35. The highest BCUT2D eigenvalue weighted by molar-refractivity contribution is 7.99. The van der Waals surface area contributed by atoms with Gasteiger partial charge in [0, 0.05) is 45.7 Å². The Bertz CT molecular complexity index is 812. The lowest BCUT2D eigenvalue weighted by Crippen LogP contribution is -2.50. The van der Waals surface area contributed by atoms with Crippen LogP contribution in [0.25, 0.3) is 11.4 Å². The maximum Gasteiger partial charge on any atom is 0.233 e. The van der Waals surface area contributed by atoms with Gasteiger partial charge < -0.3 is 14.4 Å². The van der Waals surface area contributed by atoms with Crippen molar-refractivity contribution in [3.05, 3.63) is 29.8 Å². The van der Waals surface area contributed by atoms with Gasteiger partial charge in [0.1, 0.15) is 0 Å². The zero-order valence-electron chi connectivity index (χ0n) is 15.3. The van der Waals surface area contributed by atoms with Crippen LogP contribution >= 0.6 is 11.8 Å². The van der Waals surface area contributed by atoms with Gasteiger partial charge >= 0.3 is 0 Å². The molecule has 1 aliphatic rings. The van der Waals surface area contributed by atoms with E-state index < -0.39 is 0 Å². The second kappa shape index (κ2) is 7.90. The van der Waals surface area contributed by atoms with Crippen LogP contribution in [-0.2, 0) is 16.6 Å². The van der Waals surface area contributed by atoms with Crippen molar-refractivity contribution in [2.24, 2.45) is 7.05 Å². The Hall–Kier alpha value is -2.35. The molecule has 1 fully saturated rings. The fourth-order valence-corrected chi connectivity index (χ4v) is 3.78. The molecule has 138 valence electrons. The summed E-state index contributed by atoms with van der Waals surface area (Å²) in [6.07, 6.45) is 0. The molecule has 2 amide bonds. The lowest BCUT2D eigenvalue weighted by molar-refractivity contribution is -0.136. The molecule has 8 heteroatoms. The van der Waals surface area contributed by atoms with Gasteiger partial charge in [-0.25, -0.2) is 0 Å². The predicted molar refractivity (Wildman–Crippen MR) is 101 cm³/mol. The van der Waals surface area contributed by atoms with Crippen molar-refractivity contribution in [2.75, 3.05) is 31.9 Å². The van der Waals surface area contributed by atoms with Crippen molar-refractivity contribution in [3.63, 3.8) is 0 Å². The van der Waals surface area contributed by atoms with Crippen LogP contribution in [0.15, 0.2) is 29.4 Å². The highest BCUT2D eigenvalue weighted by Crippen LogP contribution is 2.23. The normalized spacial score (nSPS) is 14.6. The number of amides is 2. The van der Waals surface area contributed by atoms with Gasteiger partial charge in [0.05, 0.1) is 5.75 Å². The number of hydrogen-bond donors (Lipinski definition) is 0. The minimum atomic E-state index is 0.0641. The number of rotatable bonds is 4. The molecule has 1 aromatic carbocycles. The summed E-state index contributed by atoms with van der Waals surface area (Å²) in [7, 11) is 1.91. The van der Waals surface area contributed by atoms with E-state index in [9.17, 15) is 9.59 Å². The van der Waals surface area contributed by atoms with Crippen LogP contribution in [0.4, 0.5) is 0 Å². The summed E-state index contributed by atoms with van der Waals surface area (Å²) in [5.41, 5.74) is 2.18. The minimum absolute atomic E-state index is 0.0641. The van der Waals surface area contributed by atoms with Crippen LogP contribution in [0, 0.1) is 6.92 Å².